The van der Waals surface area contributed by atoms with Crippen molar-refractivity contribution in [2.45, 2.75) is 31.9 Å². The van der Waals surface area contributed by atoms with Crippen LogP contribution in [-0.4, -0.2) is 42.3 Å². The number of likely N-dealkylation sites (tertiary alicyclic amines) is 1. The van der Waals surface area contributed by atoms with Crippen molar-refractivity contribution < 1.29 is 5.11 Å². The zero-order chi connectivity index (χ0) is 13.5. The van der Waals surface area contributed by atoms with E-state index >= 15 is 0 Å². The molecule has 0 spiro atoms. The minimum Gasteiger partial charge on any atom is -0.393 e. The largest absolute Gasteiger partial charge is 0.393 e. The van der Waals surface area contributed by atoms with Gasteiger partial charge in [-0.25, -0.2) is 0 Å². The molecule has 0 amide bonds. The highest BCUT2D eigenvalue weighted by Crippen LogP contribution is 2.11. The minimum absolute atomic E-state index is 0.0720. The lowest BCUT2D eigenvalue weighted by Gasteiger charge is -2.29. The zero-order valence-corrected chi connectivity index (χ0v) is 12.1. The Bertz CT molecular complexity index is 378. The predicted octanol–water partition coefficient (Wildman–Crippen LogP) is 2.28. The second-order valence-electron chi connectivity index (χ2n) is 5.23. The van der Waals surface area contributed by atoms with Gasteiger partial charge in [-0.2, -0.15) is 0 Å². The molecule has 1 aliphatic heterocycles. The molecule has 0 saturated carbocycles. The lowest BCUT2D eigenvalue weighted by Crippen LogP contribution is -2.37. The van der Waals surface area contributed by atoms with Crippen LogP contribution in [0.3, 0.4) is 0 Å². The van der Waals surface area contributed by atoms with Gasteiger partial charge in [-0.15, -0.1) is 0 Å². The number of piperidine rings is 1. The van der Waals surface area contributed by atoms with Crippen molar-refractivity contribution in [3.63, 3.8) is 0 Å². The highest BCUT2D eigenvalue weighted by atomic mass is 35.5. The first kappa shape index (κ1) is 14.8. The fraction of sp³-hybridized carbons (Fsp3) is 0.600. The second kappa shape index (κ2) is 7.85. The van der Waals surface area contributed by atoms with Gasteiger partial charge in [0.15, 0.2) is 0 Å². The van der Waals surface area contributed by atoms with E-state index in [1.54, 1.807) is 0 Å². The van der Waals surface area contributed by atoms with E-state index in [4.69, 9.17) is 11.6 Å². The summed E-state index contributed by atoms with van der Waals surface area (Å²) in [6.07, 6.45) is 2.93. The van der Waals surface area contributed by atoms with E-state index < -0.39 is 0 Å². The van der Waals surface area contributed by atoms with Crippen LogP contribution in [0.4, 0.5) is 0 Å². The Morgan fingerprint density at radius 1 is 1.32 bits per heavy atom. The third kappa shape index (κ3) is 5.49. The van der Waals surface area contributed by atoms with Gasteiger partial charge in [0.1, 0.15) is 0 Å². The molecule has 2 N–H and O–H groups in total. The van der Waals surface area contributed by atoms with Crippen molar-refractivity contribution in [2.75, 3.05) is 26.2 Å². The number of aliphatic hydroxyl groups excluding tert-OH is 1. The zero-order valence-electron chi connectivity index (χ0n) is 11.3. The summed E-state index contributed by atoms with van der Waals surface area (Å²) in [5.74, 6) is 0. The number of nitrogens with one attached hydrogen (secondary N) is 1. The minimum atomic E-state index is -0.0720. The first-order valence-electron chi connectivity index (χ1n) is 7.09. The van der Waals surface area contributed by atoms with E-state index in [0.717, 1.165) is 57.0 Å². The topological polar surface area (TPSA) is 35.5 Å². The van der Waals surface area contributed by atoms with Crippen molar-refractivity contribution in [1.29, 1.82) is 0 Å². The molecule has 1 fully saturated rings. The fourth-order valence-electron chi connectivity index (χ4n) is 2.45. The molecule has 0 radical (unpaired) electrons. The molecule has 1 saturated heterocycles. The van der Waals surface area contributed by atoms with E-state index in [-0.39, 0.29) is 6.10 Å². The van der Waals surface area contributed by atoms with Gasteiger partial charge >= 0.3 is 0 Å². The van der Waals surface area contributed by atoms with Crippen LogP contribution in [0.5, 0.6) is 0 Å². The Balaban J connectivity index is 1.55. The molecular formula is C15H23ClN2O. The molecule has 19 heavy (non-hydrogen) atoms. The summed E-state index contributed by atoms with van der Waals surface area (Å²) < 4.78 is 0. The smallest absolute Gasteiger partial charge is 0.0564 e. The molecule has 0 aromatic heterocycles. The maximum absolute atomic E-state index is 9.44. The SMILES string of the molecule is OC1CCN(CCCNCc2cccc(Cl)c2)CC1. The van der Waals surface area contributed by atoms with Crippen LogP contribution in [0.2, 0.25) is 5.02 Å². The van der Waals surface area contributed by atoms with Gasteiger partial charge in [-0.3, -0.25) is 0 Å². The number of rotatable bonds is 6. The van der Waals surface area contributed by atoms with E-state index in [1.807, 2.05) is 18.2 Å². The van der Waals surface area contributed by atoms with E-state index in [2.05, 4.69) is 16.3 Å². The molecule has 1 aromatic rings. The van der Waals surface area contributed by atoms with Crippen LogP contribution in [-0.2, 0) is 6.54 Å². The lowest BCUT2D eigenvalue weighted by atomic mass is 10.1. The number of nitrogens with zero attached hydrogens (tertiary/aromatic N) is 1. The van der Waals surface area contributed by atoms with E-state index in [9.17, 15) is 5.11 Å². The van der Waals surface area contributed by atoms with Crippen LogP contribution in [0.15, 0.2) is 24.3 Å². The molecule has 1 heterocycles. The monoisotopic (exact) mass is 282 g/mol. The third-order valence-corrected chi connectivity index (χ3v) is 3.84. The van der Waals surface area contributed by atoms with Crippen LogP contribution >= 0.6 is 11.6 Å². The first-order chi connectivity index (χ1) is 9.24. The Morgan fingerprint density at radius 2 is 2.11 bits per heavy atom. The summed E-state index contributed by atoms with van der Waals surface area (Å²) in [6, 6.07) is 7.97. The van der Waals surface area contributed by atoms with Crippen LogP contribution in [0.1, 0.15) is 24.8 Å². The first-order valence-corrected chi connectivity index (χ1v) is 7.47. The van der Waals surface area contributed by atoms with Gasteiger partial charge in [0.25, 0.3) is 0 Å². The van der Waals surface area contributed by atoms with Crippen molar-refractivity contribution in [1.82, 2.24) is 10.2 Å². The Labute approximate surface area is 120 Å². The van der Waals surface area contributed by atoms with Crippen LogP contribution in [0, 0.1) is 0 Å². The molecule has 4 heteroatoms. The van der Waals surface area contributed by atoms with Crippen molar-refractivity contribution in [3.8, 4) is 0 Å². The Morgan fingerprint density at radius 3 is 2.84 bits per heavy atom. The van der Waals surface area contributed by atoms with Crippen LogP contribution < -0.4 is 5.32 Å². The van der Waals surface area contributed by atoms with Crippen LogP contribution in [0.25, 0.3) is 0 Å². The third-order valence-electron chi connectivity index (χ3n) is 3.60. The standard InChI is InChI=1S/C15H23ClN2O/c16-14-4-1-3-13(11-14)12-17-7-2-8-18-9-5-15(19)6-10-18/h1,3-4,11,15,17,19H,2,5-10,12H2. The highest BCUT2D eigenvalue weighted by molar-refractivity contribution is 6.30. The van der Waals surface area contributed by atoms with Gasteiger partial charge in [0, 0.05) is 24.7 Å². The number of halogens is 1. The summed E-state index contributed by atoms with van der Waals surface area (Å²) in [4.78, 5) is 2.44. The highest BCUT2D eigenvalue weighted by Gasteiger charge is 2.15. The summed E-state index contributed by atoms with van der Waals surface area (Å²) >= 11 is 5.94. The molecular weight excluding hydrogens is 260 g/mol. The molecule has 0 unspecified atom stereocenters. The van der Waals surface area contributed by atoms with E-state index in [1.165, 1.54) is 5.56 Å². The number of hydrogen-bond donors (Lipinski definition) is 2. The predicted molar refractivity (Wildman–Crippen MR) is 79.5 cm³/mol. The van der Waals surface area contributed by atoms with Gasteiger partial charge in [0.2, 0.25) is 0 Å². The Hall–Kier alpha value is -0.610. The van der Waals surface area contributed by atoms with E-state index in [0.29, 0.717) is 0 Å². The lowest BCUT2D eigenvalue weighted by molar-refractivity contribution is 0.0821. The normalized spacial score (nSPS) is 17.8. The molecule has 0 bridgehead atoms. The second-order valence-corrected chi connectivity index (χ2v) is 5.67. The van der Waals surface area contributed by atoms with Gasteiger partial charge in [0.05, 0.1) is 6.10 Å². The summed E-state index contributed by atoms with van der Waals surface area (Å²) in [6.45, 7) is 5.09. The van der Waals surface area contributed by atoms with Crippen molar-refractivity contribution in [2.24, 2.45) is 0 Å². The summed E-state index contributed by atoms with van der Waals surface area (Å²) in [5, 5.41) is 13.7. The van der Waals surface area contributed by atoms with Crippen molar-refractivity contribution in [3.05, 3.63) is 34.9 Å². The molecule has 1 aromatic carbocycles. The van der Waals surface area contributed by atoms with Gasteiger partial charge in [-0.05, 0) is 50.0 Å². The molecule has 1 aliphatic rings. The average Bonchev–Trinajstić information content (AvgIpc) is 2.41. The molecule has 106 valence electrons. The molecule has 2 rings (SSSR count). The summed E-state index contributed by atoms with van der Waals surface area (Å²) in [7, 11) is 0. The number of benzene rings is 1. The van der Waals surface area contributed by atoms with Gasteiger partial charge in [-0.1, -0.05) is 23.7 Å². The van der Waals surface area contributed by atoms with Gasteiger partial charge < -0.3 is 15.3 Å². The number of hydrogen-bond acceptors (Lipinski definition) is 3. The average molecular weight is 283 g/mol. The fourth-order valence-corrected chi connectivity index (χ4v) is 2.66. The Kier molecular flexibility index (Phi) is 6.11. The molecule has 3 nitrogen and oxygen atoms in total. The molecule has 0 atom stereocenters. The molecule has 0 aliphatic carbocycles. The number of aliphatic hydroxyl groups is 1. The quantitative estimate of drug-likeness (QED) is 0.786. The maximum atomic E-state index is 9.44. The maximum Gasteiger partial charge on any atom is 0.0564 e. The van der Waals surface area contributed by atoms with Crippen molar-refractivity contribution >= 4 is 11.6 Å². The summed E-state index contributed by atoms with van der Waals surface area (Å²) in [5.41, 5.74) is 1.23.